The average Bonchev–Trinajstić information content (AvgIpc) is 3.25. The first-order valence-corrected chi connectivity index (χ1v) is 13.1. The van der Waals surface area contributed by atoms with Crippen molar-refractivity contribution >= 4 is 22.8 Å². The number of aromatic nitrogens is 2. The number of H-pyrrole nitrogens is 1. The predicted molar refractivity (Wildman–Crippen MR) is 127 cm³/mol. The number of imidazole rings is 1. The third-order valence-corrected chi connectivity index (χ3v) is 8.94. The van der Waals surface area contributed by atoms with Crippen molar-refractivity contribution in [2.24, 2.45) is 23.2 Å². The van der Waals surface area contributed by atoms with Gasteiger partial charge in [-0.15, -0.1) is 0 Å². The maximum Gasteiger partial charge on any atom is 0.226 e. The minimum atomic E-state index is -0.0918. The van der Waals surface area contributed by atoms with Gasteiger partial charge in [-0.1, -0.05) is 12.1 Å². The van der Waals surface area contributed by atoms with Gasteiger partial charge in [0.05, 0.1) is 11.0 Å². The highest BCUT2D eigenvalue weighted by Gasteiger charge is 2.54. The van der Waals surface area contributed by atoms with Gasteiger partial charge in [0.15, 0.2) is 0 Å². The Morgan fingerprint density at radius 2 is 1.82 bits per heavy atom. The Labute approximate surface area is 195 Å². The van der Waals surface area contributed by atoms with Crippen LogP contribution in [-0.2, 0) is 9.59 Å². The van der Waals surface area contributed by atoms with E-state index in [1.54, 1.807) is 0 Å². The van der Waals surface area contributed by atoms with Crippen molar-refractivity contribution in [1.29, 1.82) is 0 Å². The topological polar surface area (TPSA) is 78.1 Å². The van der Waals surface area contributed by atoms with Gasteiger partial charge in [0, 0.05) is 37.4 Å². The minimum Gasteiger partial charge on any atom is -0.356 e. The number of nitrogens with one attached hydrogen (secondary N) is 2. The van der Waals surface area contributed by atoms with E-state index in [0.717, 1.165) is 86.2 Å². The summed E-state index contributed by atoms with van der Waals surface area (Å²) in [5, 5.41) is 3.22. The smallest absolute Gasteiger partial charge is 0.226 e. The molecule has 4 bridgehead atoms. The van der Waals surface area contributed by atoms with E-state index in [2.05, 4.69) is 16.4 Å². The second-order valence-corrected chi connectivity index (χ2v) is 11.4. The molecular weight excluding hydrogens is 412 g/mol. The highest BCUT2D eigenvalue weighted by atomic mass is 16.2. The summed E-state index contributed by atoms with van der Waals surface area (Å²) in [7, 11) is 0. The third kappa shape index (κ3) is 4.06. The van der Waals surface area contributed by atoms with Crippen LogP contribution < -0.4 is 5.32 Å². The number of hydrogen-bond donors (Lipinski definition) is 2. The summed E-state index contributed by atoms with van der Waals surface area (Å²) >= 11 is 0. The Morgan fingerprint density at radius 1 is 1.09 bits per heavy atom. The molecule has 6 nitrogen and oxygen atoms in total. The molecule has 1 atom stereocenters. The van der Waals surface area contributed by atoms with E-state index in [1.807, 2.05) is 23.1 Å². The van der Waals surface area contributed by atoms with Crippen LogP contribution in [0.2, 0.25) is 0 Å². The molecule has 0 spiro atoms. The molecule has 1 saturated heterocycles. The number of hydrogen-bond acceptors (Lipinski definition) is 3. The monoisotopic (exact) mass is 448 g/mol. The molecule has 6 heteroatoms. The van der Waals surface area contributed by atoms with Gasteiger partial charge in [0.2, 0.25) is 11.8 Å². The molecule has 1 aromatic heterocycles. The number of piperidine rings is 1. The van der Waals surface area contributed by atoms with Crippen LogP contribution in [-0.4, -0.2) is 46.3 Å². The molecule has 1 aromatic carbocycles. The van der Waals surface area contributed by atoms with E-state index in [0.29, 0.717) is 13.0 Å². The minimum absolute atomic E-state index is 0.0918. The SMILES string of the molecule is O=C(CCCNC(=O)C12CC3CC(CC(C3)C1)C2)N1CCCC(c2nc3ccccc3[nH]2)C1. The van der Waals surface area contributed by atoms with Crippen LogP contribution in [0, 0.1) is 23.2 Å². The van der Waals surface area contributed by atoms with Crippen molar-refractivity contribution in [1.82, 2.24) is 20.2 Å². The Hall–Kier alpha value is -2.37. The first-order valence-electron chi connectivity index (χ1n) is 13.1. The number of likely N-dealkylation sites (tertiary alicyclic amines) is 1. The fraction of sp³-hybridized carbons (Fsp3) is 0.667. The molecule has 1 aliphatic heterocycles. The number of para-hydroxylation sites is 2. The van der Waals surface area contributed by atoms with Gasteiger partial charge >= 0.3 is 0 Å². The lowest BCUT2D eigenvalue weighted by Crippen LogP contribution is -2.53. The Kier molecular flexibility index (Phi) is 5.42. The van der Waals surface area contributed by atoms with E-state index in [-0.39, 0.29) is 23.1 Å². The molecule has 2 amide bonds. The number of fused-ring (bicyclic) bond motifs is 1. The molecule has 7 rings (SSSR count). The van der Waals surface area contributed by atoms with Crippen molar-refractivity contribution in [3.63, 3.8) is 0 Å². The summed E-state index contributed by atoms with van der Waals surface area (Å²) in [6.45, 7) is 2.18. The third-order valence-electron chi connectivity index (χ3n) is 8.94. The Morgan fingerprint density at radius 3 is 2.55 bits per heavy atom. The number of carbonyl (C=O) groups excluding carboxylic acids is 2. The molecule has 5 aliphatic rings. The molecule has 1 unspecified atom stereocenters. The number of nitrogens with zero attached hydrogens (tertiary/aromatic N) is 2. The fourth-order valence-electron chi connectivity index (χ4n) is 7.77. The maximum absolute atomic E-state index is 13.1. The van der Waals surface area contributed by atoms with Crippen LogP contribution in [0.25, 0.3) is 11.0 Å². The highest BCUT2D eigenvalue weighted by molar-refractivity contribution is 5.83. The lowest BCUT2D eigenvalue weighted by Gasteiger charge is -2.55. The largest absolute Gasteiger partial charge is 0.356 e. The standard InChI is InChI=1S/C27H36N4O2/c32-24(31-10-4-5-21(17-31)25-29-22-6-1-2-7-23(22)30-25)8-3-9-28-26(33)27-14-18-11-19(15-27)13-20(12-18)16-27/h1-2,6-7,18-21H,3-5,8-17H2,(H,28,33)(H,29,30). The number of benzene rings is 1. The van der Waals surface area contributed by atoms with E-state index < -0.39 is 0 Å². The maximum atomic E-state index is 13.1. The lowest BCUT2D eigenvalue weighted by atomic mass is 9.49. The molecule has 2 aromatic rings. The molecule has 4 saturated carbocycles. The van der Waals surface area contributed by atoms with Crippen molar-refractivity contribution in [3.8, 4) is 0 Å². The molecule has 33 heavy (non-hydrogen) atoms. The summed E-state index contributed by atoms with van der Waals surface area (Å²) < 4.78 is 0. The quantitative estimate of drug-likeness (QED) is 0.644. The first-order chi connectivity index (χ1) is 16.1. The Bertz CT molecular complexity index is 975. The van der Waals surface area contributed by atoms with Gasteiger partial charge in [-0.2, -0.15) is 0 Å². The van der Waals surface area contributed by atoms with E-state index in [9.17, 15) is 9.59 Å². The van der Waals surface area contributed by atoms with Crippen molar-refractivity contribution in [3.05, 3.63) is 30.1 Å². The van der Waals surface area contributed by atoms with Crippen LogP contribution in [0.3, 0.4) is 0 Å². The normalized spacial score (nSPS) is 32.9. The van der Waals surface area contributed by atoms with Gasteiger partial charge in [-0.05, 0) is 87.7 Å². The summed E-state index contributed by atoms with van der Waals surface area (Å²) in [5.74, 6) is 4.09. The zero-order valence-electron chi connectivity index (χ0n) is 19.5. The molecular formula is C27H36N4O2. The first kappa shape index (κ1) is 21.2. The van der Waals surface area contributed by atoms with Gasteiger partial charge in [0.25, 0.3) is 0 Å². The number of amides is 2. The van der Waals surface area contributed by atoms with Gasteiger partial charge < -0.3 is 15.2 Å². The number of rotatable bonds is 6. The summed E-state index contributed by atoms with van der Waals surface area (Å²) in [5.41, 5.74) is 1.96. The average molecular weight is 449 g/mol. The predicted octanol–water partition coefficient (Wildman–Crippen LogP) is 4.38. The van der Waals surface area contributed by atoms with Crippen molar-refractivity contribution in [2.45, 2.75) is 70.1 Å². The van der Waals surface area contributed by atoms with Crippen LogP contribution in [0.4, 0.5) is 0 Å². The van der Waals surface area contributed by atoms with Gasteiger partial charge in [-0.25, -0.2) is 4.98 Å². The van der Waals surface area contributed by atoms with E-state index in [1.165, 1.54) is 19.3 Å². The van der Waals surface area contributed by atoms with Crippen LogP contribution in [0.15, 0.2) is 24.3 Å². The Balaban J connectivity index is 0.986. The summed E-state index contributed by atoms with van der Waals surface area (Å²) in [6.07, 6.45) is 10.7. The molecule has 2 N–H and O–H groups in total. The van der Waals surface area contributed by atoms with E-state index in [4.69, 9.17) is 4.98 Å². The van der Waals surface area contributed by atoms with Gasteiger partial charge in [-0.3, -0.25) is 9.59 Å². The van der Waals surface area contributed by atoms with Crippen molar-refractivity contribution in [2.75, 3.05) is 19.6 Å². The molecule has 4 aliphatic carbocycles. The second kappa shape index (κ2) is 8.44. The van der Waals surface area contributed by atoms with Gasteiger partial charge in [0.1, 0.15) is 5.82 Å². The number of aromatic amines is 1. The van der Waals surface area contributed by atoms with Crippen LogP contribution in [0.5, 0.6) is 0 Å². The summed E-state index contributed by atoms with van der Waals surface area (Å²) in [4.78, 5) is 36.2. The molecule has 176 valence electrons. The molecule has 2 heterocycles. The second-order valence-electron chi connectivity index (χ2n) is 11.4. The molecule has 5 fully saturated rings. The number of carbonyl (C=O) groups is 2. The fourth-order valence-corrected chi connectivity index (χ4v) is 7.77. The van der Waals surface area contributed by atoms with Crippen LogP contribution in [0.1, 0.15) is 76.0 Å². The highest BCUT2D eigenvalue weighted by Crippen LogP contribution is 2.60. The zero-order chi connectivity index (χ0) is 22.4. The molecule has 0 radical (unpaired) electrons. The zero-order valence-corrected chi connectivity index (χ0v) is 19.5. The lowest BCUT2D eigenvalue weighted by molar-refractivity contribution is -0.146. The summed E-state index contributed by atoms with van der Waals surface area (Å²) in [6, 6.07) is 8.10. The van der Waals surface area contributed by atoms with Crippen molar-refractivity contribution < 1.29 is 9.59 Å². The van der Waals surface area contributed by atoms with Crippen LogP contribution >= 0.6 is 0 Å². The van der Waals surface area contributed by atoms with E-state index >= 15 is 0 Å².